The number of hydrogen-bond acceptors (Lipinski definition) is 4. The quantitative estimate of drug-likeness (QED) is 0.873. The lowest BCUT2D eigenvalue weighted by Gasteiger charge is -2.12. The molecule has 0 bridgehead atoms. The molecule has 0 saturated heterocycles. The van der Waals surface area contributed by atoms with Gasteiger partial charge in [0.25, 0.3) is 0 Å². The summed E-state index contributed by atoms with van der Waals surface area (Å²) in [6.07, 6.45) is 1.93. The van der Waals surface area contributed by atoms with Gasteiger partial charge >= 0.3 is 0 Å². The minimum Gasteiger partial charge on any atom is -0.309 e. The highest BCUT2D eigenvalue weighted by molar-refractivity contribution is 9.10. The summed E-state index contributed by atoms with van der Waals surface area (Å²) in [6.45, 7) is 2.79. The van der Waals surface area contributed by atoms with Gasteiger partial charge < -0.3 is 5.32 Å². The van der Waals surface area contributed by atoms with Crippen molar-refractivity contribution in [3.05, 3.63) is 20.8 Å². The molecule has 1 aromatic heterocycles. The van der Waals surface area contributed by atoms with Crippen molar-refractivity contribution in [3.8, 4) is 0 Å². The van der Waals surface area contributed by atoms with Crippen molar-refractivity contribution in [2.24, 2.45) is 0 Å². The molecule has 6 heteroatoms. The molecular weight excluding hydrogens is 310 g/mol. The largest absolute Gasteiger partial charge is 0.309 e. The lowest BCUT2D eigenvalue weighted by atomic mass is 10.2. The molecule has 0 aliphatic carbocycles. The summed E-state index contributed by atoms with van der Waals surface area (Å²) in [5.41, 5.74) is 0. The molecule has 0 radical (unpaired) electrons. The van der Waals surface area contributed by atoms with Gasteiger partial charge in [-0.05, 0) is 40.7 Å². The number of rotatable bonds is 6. The van der Waals surface area contributed by atoms with E-state index in [0.717, 1.165) is 11.0 Å². The van der Waals surface area contributed by atoms with E-state index in [4.69, 9.17) is 0 Å². The maximum Gasteiger partial charge on any atom is 0.147 e. The summed E-state index contributed by atoms with van der Waals surface area (Å²) in [7, 11) is -2.85. The normalized spacial score (nSPS) is 13.9. The molecule has 92 valence electrons. The van der Waals surface area contributed by atoms with Crippen molar-refractivity contribution >= 4 is 37.1 Å². The minimum absolute atomic E-state index is 0.212. The number of nitrogens with one attached hydrogen (secondary N) is 1. The number of halogens is 1. The van der Waals surface area contributed by atoms with Gasteiger partial charge in [-0.2, -0.15) is 0 Å². The summed E-state index contributed by atoms with van der Waals surface area (Å²) in [4.78, 5) is 1.24. The molecule has 3 nitrogen and oxygen atoms in total. The first-order chi connectivity index (χ1) is 7.38. The van der Waals surface area contributed by atoms with E-state index in [1.54, 1.807) is 11.3 Å². The van der Waals surface area contributed by atoms with Gasteiger partial charge in [0.15, 0.2) is 0 Å². The van der Waals surface area contributed by atoms with Gasteiger partial charge in [0.05, 0.1) is 5.75 Å². The lowest BCUT2D eigenvalue weighted by Crippen LogP contribution is -2.27. The first kappa shape index (κ1) is 14.2. The van der Waals surface area contributed by atoms with E-state index in [9.17, 15) is 8.42 Å². The summed E-state index contributed by atoms with van der Waals surface area (Å²) >= 11 is 5.15. The molecule has 1 heterocycles. The highest BCUT2D eigenvalue weighted by Crippen LogP contribution is 2.22. The molecule has 16 heavy (non-hydrogen) atoms. The second kappa shape index (κ2) is 6.14. The van der Waals surface area contributed by atoms with Crippen LogP contribution in [0.5, 0.6) is 0 Å². The molecule has 0 fully saturated rings. The molecule has 0 aliphatic heterocycles. The summed E-state index contributed by atoms with van der Waals surface area (Å²) < 4.78 is 23.1. The van der Waals surface area contributed by atoms with Crippen molar-refractivity contribution in [2.75, 3.05) is 12.0 Å². The van der Waals surface area contributed by atoms with Crippen LogP contribution in [0.3, 0.4) is 0 Å². The number of hydrogen-bond donors (Lipinski definition) is 1. The van der Waals surface area contributed by atoms with Crippen LogP contribution in [-0.2, 0) is 16.4 Å². The van der Waals surface area contributed by atoms with Gasteiger partial charge in [-0.25, -0.2) is 8.42 Å². The highest BCUT2D eigenvalue weighted by atomic mass is 79.9. The Balaban J connectivity index is 2.31. The Labute approximate surface area is 109 Å². The second-order valence-electron chi connectivity index (χ2n) is 3.89. The Morgan fingerprint density at radius 3 is 2.75 bits per heavy atom. The van der Waals surface area contributed by atoms with Gasteiger partial charge in [-0.15, -0.1) is 11.3 Å². The van der Waals surface area contributed by atoms with Gasteiger partial charge in [0, 0.05) is 28.2 Å². The fourth-order valence-electron chi connectivity index (χ4n) is 1.21. The Morgan fingerprint density at radius 2 is 2.25 bits per heavy atom. The molecule has 1 atom stereocenters. The number of thiophene rings is 1. The maximum absolute atomic E-state index is 11.0. The van der Waals surface area contributed by atoms with Crippen molar-refractivity contribution in [2.45, 2.75) is 25.9 Å². The van der Waals surface area contributed by atoms with Crippen LogP contribution in [0.4, 0.5) is 0 Å². The molecule has 0 amide bonds. The van der Waals surface area contributed by atoms with Crippen LogP contribution in [0.1, 0.15) is 18.2 Å². The molecule has 1 unspecified atom stereocenters. The van der Waals surface area contributed by atoms with Gasteiger partial charge in [-0.3, -0.25) is 0 Å². The fraction of sp³-hybridized carbons (Fsp3) is 0.600. The van der Waals surface area contributed by atoms with Crippen LogP contribution in [-0.4, -0.2) is 26.5 Å². The van der Waals surface area contributed by atoms with Crippen LogP contribution in [0.2, 0.25) is 0 Å². The van der Waals surface area contributed by atoms with E-state index in [1.807, 2.05) is 18.4 Å². The summed E-state index contributed by atoms with van der Waals surface area (Å²) in [5, 5.41) is 5.34. The zero-order valence-corrected chi connectivity index (χ0v) is 12.6. The molecule has 0 saturated carbocycles. The molecule has 1 rings (SSSR count). The minimum atomic E-state index is -2.85. The van der Waals surface area contributed by atoms with Gasteiger partial charge in [0.2, 0.25) is 0 Å². The van der Waals surface area contributed by atoms with Crippen LogP contribution in [0.25, 0.3) is 0 Å². The Morgan fingerprint density at radius 1 is 1.56 bits per heavy atom. The third-order valence-electron chi connectivity index (χ3n) is 2.22. The topological polar surface area (TPSA) is 46.2 Å². The van der Waals surface area contributed by atoms with Crippen LogP contribution in [0, 0.1) is 0 Å². The SMILES string of the molecule is CC(CCS(C)(=O)=O)NCc1sccc1Br. The summed E-state index contributed by atoms with van der Waals surface area (Å²) in [5.74, 6) is 0.243. The third kappa shape index (κ3) is 5.43. The molecule has 1 N–H and O–H groups in total. The molecular formula is C10H16BrNO2S2. The first-order valence-corrected chi connectivity index (χ1v) is 8.75. The Bertz CT molecular complexity index is 428. The van der Waals surface area contributed by atoms with Gasteiger partial charge in [0.1, 0.15) is 9.84 Å². The average molecular weight is 326 g/mol. The van der Waals surface area contributed by atoms with E-state index in [0.29, 0.717) is 6.42 Å². The zero-order chi connectivity index (χ0) is 12.2. The first-order valence-electron chi connectivity index (χ1n) is 5.01. The smallest absolute Gasteiger partial charge is 0.147 e. The summed E-state index contributed by atoms with van der Waals surface area (Å²) in [6, 6.07) is 2.23. The van der Waals surface area contributed by atoms with E-state index in [-0.39, 0.29) is 11.8 Å². The zero-order valence-electron chi connectivity index (χ0n) is 9.36. The average Bonchev–Trinajstić information content (AvgIpc) is 2.57. The fourth-order valence-corrected chi connectivity index (χ4v) is 3.44. The van der Waals surface area contributed by atoms with Gasteiger partial charge in [-0.1, -0.05) is 0 Å². The molecule has 0 aromatic carbocycles. The third-order valence-corrected chi connectivity index (χ3v) is 5.13. The van der Waals surface area contributed by atoms with E-state index >= 15 is 0 Å². The predicted octanol–water partition coefficient (Wildman–Crippen LogP) is 2.42. The van der Waals surface area contributed by atoms with Crippen molar-refractivity contribution in [1.29, 1.82) is 0 Å². The second-order valence-corrected chi connectivity index (χ2v) is 8.01. The molecule has 1 aromatic rings. The highest BCUT2D eigenvalue weighted by Gasteiger charge is 2.08. The van der Waals surface area contributed by atoms with E-state index < -0.39 is 9.84 Å². The Hall–Kier alpha value is 0.0900. The van der Waals surface area contributed by atoms with Crippen LogP contribution in [0.15, 0.2) is 15.9 Å². The van der Waals surface area contributed by atoms with Crippen molar-refractivity contribution < 1.29 is 8.42 Å². The van der Waals surface area contributed by atoms with Crippen LogP contribution >= 0.6 is 27.3 Å². The Kier molecular flexibility index (Phi) is 5.43. The number of sulfone groups is 1. The maximum atomic E-state index is 11.0. The predicted molar refractivity (Wildman–Crippen MR) is 72.6 cm³/mol. The van der Waals surface area contributed by atoms with E-state index in [2.05, 4.69) is 21.2 Å². The van der Waals surface area contributed by atoms with E-state index in [1.165, 1.54) is 11.1 Å². The van der Waals surface area contributed by atoms with Crippen molar-refractivity contribution in [1.82, 2.24) is 5.32 Å². The lowest BCUT2D eigenvalue weighted by molar-refractivity contribution is 0.529. The van der Waals surface area contributed by atoms with Crippen LogP contribution < -0.4 is 5.32 Å². The monoisotopic (exact) mass is 325 g/mol. The van der Waals surface area contributed by atoms with Crippen molar-refractivity contribution in [3.63, 3.8) is 0 Å². The molecule has 0 spiro atoms. The molecule has 0 aliphatic rings. The standard InChI is InChI=1S/C10H16BrNO2S2/c1-8(4-6-16(2,13)14)12-7-10-9(11)3-5-15-10/h3,5,8,12H,4,6-7H2,1-2H3.